The topological polar surface area (TPSA) is 101 Å². The zero-order valence-corrected chi connectivity index (χ0v) is 18.9. The summed E-state index contributed by atoms with van der Waals surface area (Å²) >= 11 is 0. The molecule has 2 heterocycles. The molecule has 0 radical (unpaired) electrons. The van der Waals surface area contributed by atoms with E-state index in [9.17, 15) is 4.79 Å². The standard InChI is InChI=1S/C22H23N3O6.ClH/c1-27-5-6-31-19-9-14-13(8-17(19)29-3)21(24-11-23-14)20-12-7-16(28-2)18(30-4)10-15(12)25-22(20)26;/h7-11,20H,5-6H2,1-4H3,(H,25,26);1H. The number of benzene rings is 2. The van der Waals surface area contributed by atoms with E-state index in [4.69, 9.17) is 23.7 Å². The van der Waals surface area contributed by atoms with E-state index in [-0.39, 0.29) is 18.3 Å². The average Bonchev–Trinajstić information content (AvgIpc) is 3.11. The highest BCUT2D eigenvalue weighted by Crippen LogP contribution is 2.45. The Labute approximate surface area is 191 Å². The van der Waals surface area contributed by atoms with Crippen molar-refractivity contribution in [2.45, 2.75) is 5.92 Å². The molecule has 1 aromatic heterocycles. The summed E-state index contributed by atoms with van der Waals surface area (Å²) in [6.45, 7) is 0.816. The Kier molecular flexibility index (Phi) is 7.22. The fraction of sp³-hybridized carbons (Fsp3) is 0.318. The molecule has 0 saturated heterocycles. The van der Waals surface area contributed by atoms with Crippen LogP contribution in [0.2, 0.25) is 0 Å². The molecule has 0 aliphatic carbocycles. The number of ether oxygens (including phenoxy) is 5. The van der Waals surface area contributed by atoms with Crippen LogP contribution in [0.5, 0.6) is 23.0 Å². The van der Waals surface area contributed by atoms with Crippen molar-refractivity contribution >= 4 is 34.9 Å². The van der Waals surface area contributed by atoms with E-state index in [1.54, 1.807) is 52.7 Å². The lowest BCUT2D eigenvalue weighted by Crippen LogP contribution is -2.15. The van der Waals surface area contributed by atoms with Crippen molar-refractivity contribution in [2.24, 2.45) is 0 Å². The summed E-state index contributed by atoms with van der Waals surface area (Å²) in [4.78, 5) is 21.8. The van der Waals surface area contributed by atoms with Gasteiger partial charge >= 0.3 is 0 Å². The SMILES string of the molecule is COCCOc1cc2ncnc(C3C(=O)Nc4cc(OC)c(OC)cc43)c2cc1OC.Cl. The maximum Gasteiger partial charge on any atom is 0.238 e. The van der Waals surface area contributed by atoms with Gasteiger partial charge in [-0.25, -0.2) is 9.97 Å². The van der Waals surface area contributed by atoms with Crippen molar-refractivity contribution in [1.29, 1.82) is 0 Å². The highest BCUT2D eigenvalue weighted by Gasteiger charge is 2.36. The number of rotatable bonds is 8. The molecule has 1 aliphatic heterocycles. The first-order valence-corrected chi connectivity index (χ1v) is 9.62. The van der Waals surface area contributed by atoms with Gasteiger partial charge in [0.2, 0.25) is 5.91 Å². The fourth-order valence-corrected chi connectivity index (χ4v) is 3.68. The summed E-state index contributed by atoms with van der Waals surface area (Å²) in [5.41, 5.74) is 2.61. The number of nitrogens with one attached hydrogen (secondary N) is 1. The Balaban J connectivity index is 0.00000289. The molecule has 2 aromatic carbocycles. The van der Waals surface area contributed by atoms with Crippen LogP contribution in [0.1, 0.15) is 17.2 Å². The molecule has 1 N–H and O–H groups in total. The van der Waals surface area contributed by atoms with Crippen LogP contribution in [0.3, 0.4) is 0 Å². The van der Waals surface area contributed by atoms with Gasteiger partial charge in [0, 0.05) is 30.3 Å². The number of fused-ring (bicyclic) bond motifs is 2. The molecule has 170 valence electrons. The number of nitrogens with zero attached hydrogens (tertiary/aromatic N) is 2. The second kappa shape index (κ2) is 9.88. The minimum atomic E-state index is -0.634. The van der Waals surface area contributed by atoms with E-state index in [0.29, 0.717) is 58.5 Å². The normalized spacial score (nSPS) is 14.4. The van der Waals surface area contributed by atoms with E-state index in [1.165, 1.54) is 6.33 Å². The van der Waals surface area contributed by atoms with Crippen molar-refractivity contribution in [1.82, 2.24) is 9.97 Å². The molecule has 0 saturated carbocycles. The van der Waals surface area contributed by atoms with Crippen LogP contribution in [0.25, 0.3) is 10.9 Å². The van der Waals surface area contributed by atoms with E-state index < -0.39 is 5.92 Å². The molecule has 0 fully saturated rings. The van der Waals surface area contributed by atoms with Gasteiger partial charge in [-0.3, -0.25) is 4.79 Å². The number of amides is 1. The summed E-state index contributed by atoms with van der Waals surface area (Å²) in [5, 5.41) is 3.60. The summed E-state index contributed by atoms with van der Waals surface area (Å²) in [6.07, 6.45) is 1.44. The number of methoxy groups -OCH3 is 4. The van der Waals surface area contributed by atoms with E-state index in [2.05, 4.69) is 15.3 Å². The second-order valence-corrected chi connectivity index (χ2v) is 6.84. The molecular weight excluding hydrogens is 438 g/mol. The van der Waals surface area contributed by atoms with Crippen LogP contribution in [0, 0.1) is 0 Å². The molecule has 1 atom stereocenters. The Morgan fingerprint density at radius 3 is 2.25 bits per heavy atom. The molecule has 1 aliphatic rings. The molecule has 3 aromatic rings. The van der Waals surface area contributed by atoms with Gasteiger partial charge in [-0.2, -0.15) is 0 Å². The molecule has 1 amide bonds. The van der Waals surface area contributed by atoms with E-state index in [1.807, 2.05) is 0 Å². The quantitative estimate of drug-likeness (QED) is 0.510. The number of hydrogen-bond donors (Lipinski definition) is 1. The molecule has 4 rings (SSSR count). The first-order valence-electron chi connectivity index (χ1n) is 9.62. The van der Waals surface area contributed by atoms with Crippen LogP contribution >= 0.6 is 12.4 Å². The first-order chi connectivity index (χ1) is 15.1. The number of hydrogen-bond acceptors (Lipinski definition) is 8. The Morgan fingerprint density at radius 1 is 0.875 bits per heavy atom. The lowest BCUT2D eigenvalue weighted by Gasteiger charge is -2.15. The van der Waals surface area contributed by atoms with Gasteiger partial charge in [0.25, 0.3) is 0 Å². The third kappa shape index (κ3) is 4.09. The number of carbonyl (C=O) groups excluding carboxylic acids is 1. The highest BCUT2D eigenvalue weighted by molar-refractivity contribution is 6.07. The predicted molar refractivity (Wildman–Crippen MR) is 121 cm³/mol. The van der Waals surface area contributed by atoms with Crippen molar-refractivity contribution in [2.75, 3.05) is 47.0 Å². The fourth-order valence-electron chi connectivity index (χ4n) is 3.68. The van der Waals surface area contributed by atoms with Crippen molar-refractivity contribution in [3.05, 3.63) is 41.9 Å². The Hall–Kier alpha value is -3.30. The maximum atomic E-state index is 12.9. The maximum absolute atomic E-state index is 12.9. The lowest BCUT2D eigenvalue weighted by molar-refractivity contribution is -0.116. The number of aromatic nitrogens is 2. The van der Waals surface area contributed by atoms with Crippen molar-refractivity contribution < 1.29 is 28.5 Å². The average molecular weight is 462 g/mol. The number of anilines is 1. The zero-order valence-electron chi connectivity index (χ0n) is 18.1. The summed E-state index contributed by atoms with van der Waals surface area (Å²) in [6, 6.07) is 7.11. The summed E-state index contributed by atoms with van der Waals surface area (Å²) in [5.74, 6) is 1.31. The van der Waals surface area contributed by atoms with Gasteiger partial charge in [0.1, 0.15) is 18.9 Å². The molecule has 32 heavy (non-hydrogen) atoms. The zero-order chi connectivity index (χ0) is 22.0. The van der Waals surface area contributed by atoms with Gasteiger partial charge in [0.15, 0.2) is 23.0 Å². The predicted octanol–water partition coefficient (Wildman–Crippen LogP) is 3.19. The highest BCUT2D eigenvalue weighted by atomic mass is 35.5. The van der Waals surface area contributed by atoms with Crippen LogP contribution in [0.15, 0.2) is 30.6 Å². The molecule has 0 spiro atoms. The first kappa shape index (κ1) is 23.4. The molecule has 1 unspecified atom stereocenters. The van der Waals surface area contributed by atoms with Crippen LogP contribution in [-0.2, 0) is 9.53 Å². The molecular formula is C22H24ClN3O6. The third-order valence-corrected chi connectivity index (χ3v) is 5.16. The summed E-state index contributed by atoms with van der Waals surface area (Å²) < 4.78 is 27.1. The minimum absolute atomic E-state index is 0. The largest absolute Gasteiger partial charge is 0.493 e. The number of halogens is 1. The van der Waals surface area contributed by atoms with Gasteiger partial charge in [-0.05, 0) is 17.7 Å². The monoisotopic (exact) mass is 461 g/mol. The van der Waals surface area contributed by atoms with E-state index >= 15 is 0 Å². The van der Waals surface area contributed by atoms with Gasteiger partial charge in [0.05, 0.1) is 39.1 Å². The molecule has 10 heteroatoms. The number of carbonyl (C=O) groups is 1. The van der Waals surface area contributed by atoms with E-state index in [0.717, 1.165) is 5.56 Å². The van der Waals surface area contributed by atoms with Crippen LogP contribution in [0.4, 0.5) is 5.69 Å². The van der Waals surface area contributed by atoms with Crippen molar-refractivity contribution in [3.8, 4) is 23.0 Å². The van der Waals surface area contributed by atoms with Crippen molar-refractivity contribution in [3.63, 3.8) is 0 Å². The third-order valence-electron chi connectivity index (χ3n) is 5.16. The lowest BCUT2D eigenvalue weighted by atomic mass is 9.93. The van der Waals surface area contributed by atoms with Gasteiger partial charge < -0.3 is 29.0 Å². The molecule has 0 bridgehead atoms. The minimum Gasteiger partial charge on any atom is -0.493 e. The van der Waals surface area contributed by atoms with Gasteiger partial charge in [-0.15, -0.1) is 12.4 Å². The Bertz CT molecular complexity index is 1140. The second-order valence-electron chi connectivity index (χ2n) is 6.84. The smallest absolute Gasteiger partial charge is 0.238 e. The van der Waals surface area contributed by atoms with Crippen LogP contribution < -0.4 is 24.3 Å². The van der Waals surface area contributed by atoms with Gasteiger partial charge in [-0.1, -0.05) is 0 Å². The molecule has 9 nitrogen and oxygen atoms in total. The summed E-state index contributed by atoms with van der Waals surface area (Å²) in [7, 11) is 6.27. The van der Waals surface area contributed by atoms with Crippen LogP contribution in [-0.4, -0.2) is 57.5 Å². The Morgan fingerprint density at radius 2 is 1.56 bits per heavy atom.